The second-order valence-electron chi connectivity index (χ2n) is 12.4. The van der Waals surface area contributed by atoms with Crippen LogP contribution in [0.4, 0.5) is 4.79 Å². The fourth-order valence-electron chi connectivity index (χ4n) is 5.24. The molecule has 0 bridgehead atoms. The van der Waals surface area contributed by atoms with Crippen LogP contribution in [0.5, 0.6) is 0 Å². The Labute approximate surface area is 277 Å². The molecule has 11 nitrogen and oxygen atoms in total. The molecule has 3 aromatic carbocycles. The predicted octanol–water partition coefficient (Wildman–Crippen LogP) is 4.37. The van der Waals surface area contributed by atoms with E-state index in [1.165, 1.54) is 0 Å². The number of ether oxygens (including phenoxy) is 5. The second kappa shape index (κ2) is 17.2. The summed E-state index contributed by atoms with van der Waals surface area (Å²) in [5.74, 6) is 0. The van der Waals surface area contributed by atoms with Crippen LogP contribution in [0.1, 0.15) is 37.5 Å². The standard InChI is InChI=1S/C35H45NO10S/c1-35(2,3)45-34(38)36-30-31(28(20-37)46-47(4,39)40)44-29(24-41-21-25-14-8-5-9-15-25)32(42-22-26-16-10-6-11-17-26)33(30)43-23-27-18-12-7-13-19-27/h5-19,28-33,37H,20-24H2,1-4H3,(H,36,38)/t28-,29-,30-,31-,32+,33-/m1/s1. The molecule has 1 aliphatic heterocycles. The molecule has 0 aliphatic carbocycles. The van der Waals surface area contributed by atoms with Crippen molar-refractivity contribution < 1.29 is 46.2 Å². The Morgan fingerprint density at radius 3 is 1.79 bits per heavy atom. The molecule has 2 N–H and O–H groups in total. The molecule has 3 aromatic rings. The van der Waals surface area contributed by atoms with Crippen molar-refractivity contribution in [3.05, 3.63) is 108 Å². The Bertz CT molecular complexity index is 1470. The van der Waals surface area contributed by atoms with Crippen LogP contribution in [-0.2, 0) is 57.8 Å². The van der Waals surface area contributed by atoms with Crippen molar-refractivity contribution >= 4 is 16.2 Å². The third kappa shape index (κ3) is 12.0. The third-order valence-electron chi connectivity index (χ3n) is 7.22. The fraction of sp³-hybridized carbons (Fsp3) is 0.457. The number of amides is 1. The van der Waals surface area contributed by atoms with E-state index < -0.39 is 65.0 Å². The van der Waals surface area contributed by atoms with E-state index in [-0.39, 0.29) is 26.4 Å². The molecule has 0 aromatic heterocycles. The number of aliphatic hydroxyl groups is 1. The molecule has 1 fully saturated rings. The van der Waals surface area contributed by atoms with Gasteiger partial charge in [-0.3, -0.25) is 4.18 Å². The molecule has 1 saturated heterocycles. The number of carbonyl (C=O) groups is 1. The van der Waals surface area contributed by atoms with E-state index in [9.17, 15) is 18.3 Å². The molecule has 47 heavy (non-hydrogen) atoms. The maximum atomic E-state index is 13.3. The zero-order valence-electron chi connectivity index (χ0n) is 27.2. The summed E-state index contributed by atoms with van der Waals surface area (Å²) >= 11 is 0. The lowest BCUT2D eigenvalue weighted by Gasteiger charge is -2.48. The molecule has 0 unspecified atom stereocenters. The maximum Gasteiger partial charge on any atom is 0.408 e. The number of benzene rings is 3. The van der Waals surface area contributed by atoms with E-state index in [1.807, 2.05) is 91.0 Å². The van der Waals surface area contributed by atoms with Crippen molar-refractivity contribution in [3.63, 3.8) is 0 Å². The Hall–Kier alpha value is -3.36. The van der Waals surface area contributed by atoms with Crippen molar-refractivity contribution in [2.45, 2.75) is 82.8 Å². The van der Waals surface area contributed by atoms with Gasteiger partial charge in [-0.1, -0.05) is 91.0 Å². The van der Waals surface area contributed by atoms with Crippen LogP contribution in [0.25, 0.3) is 0 Å². The van der Waals surface area contributed by atoms with E-state index >= 15 is 0 Å². The minimum absolute atomic E-state index is 0.0201. The number of hydrogen-bond acceptors (Lipinski definition) is 10. The zero-order chi connectivity index (χ0) is 33.9. The van der Waals surface area contributed by atoms with Gasteiger partial charge < -0.3 is 34.1 Å². The molecule has 1 heterocycles. The van der Waals surface area contributed by atoms with Crippen LogP contribution < -0.4 is 5.32 Å². The lowest BCUT2D eigenvalue weighted by Crippen LogP contribution is -2.68. The number of carbonyl (C=O) groups excluding carboxylic acids is 1. The zero-order valence-corrected chi connectivity index (χ0v) is 28.0. The minimum Gasteiger partial charge on any atom is -0.444 e. The van der Waals surface area contributed by atoms with Gasteiger partial charge in [-0.05, 0) is 37.5 Å². The van der Waals surface area contributed by atoms with Crippen LogP contribution in [0.3, 0.4) is 0 Å². The molecule has 256 valence electrons. The predicted molar refractivity (Wildman–Crippen MR) is 175 cm³/mol. The van der Waals surface area contributed by atoms with Gasteiger partial charge in [0.15, 0.2) is 0 Å². The highest BCUT2D eigenvalue weighted by molar-refractivity contribution is 7.86. The lowest BCUT2D eigenvalue weighted by molar-refractivity contribution is -0.246. The third-order valence-corrected chi connectivity index (χ3v) is 7.82. The quantitative estimate of drug-likeness (QED) is 0.224. The van der Waals surface area contributed by atoms with Gasteiger partial charge in [0.2, 0.25) is 0 Å². The van der Waals surface area contributed by atoms with Gasteiger partial charge in [0, 0.05) is 0 Å². The van der Waals surface area contributed by atoms with Crippen molar-refractivity contribution in [3.8, 4) is 0 Å². The summed E-state index contributed by atoms with van der Waals surface area (Å²) in [7, 11) is -4.06. The van der Waals surface area contributed by atoms with Gasteiger partial charge in [0.25, 0.3) is 10.1 Å². The lowest BCUT2D eigenvalue weighted by atomic mass is 9.89. The number of alkyl carbamates (subject to hydrolysis) is 1. The summed E-state index contributed by atoms with van der Waals surface area (Å²) < 4.78 is 61.2. The molecular weight excluding hydrogens is 626 g/mol. The molecule has 0 saturated carbocycles. The average Bonchev–Trinajstić information content (AvgIpc) is 3.03. The van der Waals surface area contributed by atoms with Crippen molar-refractivity contribution in [1.29, 1.82) is 0 Å². The highest BCUT2D eigenvalue weighted by atomic mass is 32.2. The van der Waals surface area contributed by atoms with Crippen LogP contribution in [0.2, 0.25) is 0 Å². The largest absolute Gasteiger partial charge is 0.444 e. The molecule has 1 amide bonds. The molecule has 0 radical (unpaired) electrons. The monoisotopic (exact) mass is 671 g/mol. The highest BCUT2D eigenvalue weighted by Gasteiger charge is 2.52. The number of hydrogen-bond donors (Lipinski definition) is 2. The van der Waals surface area contributed by atoms with E-state index in [0.29, 0.717) is 0 Å². The van der Waals surface area contributed by atoms with Gasteiger partial charge in [0.1, 0.15) is 36.1 Å². The van der Waals surface area contributed by atoms with Gasteiger partial charge in [-0.15, -0.1) is 0 Å². The molecular formula is C35H45NO10S. The van der Waals surface area contributed by atoms with Crippen LogP contribution in [-0.4, -0.2) is 81.2 Å². The SMILES string of the molecule is CC(C)(C)OC(=O)N[C@H]1[C@@H](OCc2ccccc2)[C@@H](OCc2ccccc2)[C@@H](COCc2ccccc2)O[C@@H]1[C@@H](CO)OS(C)(=O)=O. The first kappa shape index (κ1) is 36.5. The number of nitrogens with one attached hydrogen (secondary N) is 1. The Balaban J connectivity index is 1.73. The summed E-state index contributed by atoms with van der Waals surface area (Å²) in [5.41, 5.74) is 1.85. The van der Waals surface area contributed by atoms with Gasteiger partial charge in [-0.25, -0.2) is 4.79 Å². The summed E-state index contributed by atoms with van der Waals surface area (Å²) in [4.78, 5) is 13.3. The van der Waals surface area contributed by atoms with Crippen molar-refractivity contribution in [2.75, 3.05) is 19.5 Å². The molecule has 12 heteroatoms. The Morgan fingerprint density at radius 1 is 0.830 bits per heavy atom. The second-order valence-corrected chi connectivity index (χ2v) is 14.0. The average molecular weight is 672 g/mol. The fourth-order valence-corrected chi connectivity index (χ4v) is 5.86. The van der Waals surface area contributed by atoms with E-state index in [1.54, 1.807) is 20.8 Å². The first-order valence-corrected chi connectivity index (χ1v) is 17.3. The Morgan fingerprint density at radius 2 is 1.32 bits per heavy atom. The van der Waals surface area contributed by atoms with E-state index in [0.717, 1.165) is 22.9 Å². The van der Waals surface area contributed by atoms with E-state index in [2.05, 4.69) is 5.32 Å². The summed E-state index contributed by atoms with van der Waals surface area (Å²) in [6, 6.07) is 27.5. The van der Waals surface area contributed by atoms with E-state index in [4.69, 9.17) is 27.9 Å². The van der Waals surface area contributed by atoms with Crippen LogP contribution in [0.15, 0.2) is 91.0 Å². The summed E-state index contributed by atoms with van der Waals surface area (Å²) in [6.07, 6.45) is -5.13. The van der Waals surface area contributed by atoms with Crippen LogP contribution in [0, 0.1) is 0 Å². The van der Waals surface area contributed by atoms with Crippen molar-refractivity contribution in [1.82, 2.24) is 5.32 Å². The molecule has 4 rings (SSSR count). The summed E-state index contributed by atoms with van der Waals surface area (Å²) in [6.45, 7) is 5.04. The topological polar surface area (TPSA) is 139 Å². The van der Waals surface area contributed by atoms with Crippen LogP contribution >= 0.6 is 0 Å². The molecule has 1 aliphatic rings. The first-order chi connectivity index (χ1) is 22.4. The number of rotatable bonds is 15. The molecule has 0 spiro atoms. The Kier molecular flexibility index (Phi) is 13.3. The smallest absolute Gasteiger partial charge is 0.408 e. The first-order valence-electron chi connectivity index (χ1n) is 15.5. The highest BCUT2D eigenvalue weighted by Crippen LogP contribution is 2.31. The van der Waals surface area contributed by atoms with Gasteiger partial charge in [0.05, 0.1) is 45.3 Å². The number of aliphatic hydroxyl groups excluding tert-OH is 1. The maximum absolute atomic E-state index is 13.3. The normalized spacial score (nSPS) is 22.4. The van der Waals surface area contributed by atoms with Gasteiger partial charge >= 0.3 is 6.09 Å². The molecule has 6 atom stereocenters. The minimum atomic E-state index is -4.06. The summed E-state index contributed by atoms with van der Waals surface area (Å²) in [5, 5.41) is 13.2. The van der Waals surface area contributed by atoms with Gasteiger partial charge in [-0.2, -0.15) is 8.42 Å². The van der Waals surface area contributed by atoms with Crippen molar-refractivity contribution in [2.24, 2.45) is 0 Å².